The van der Waals surface area contributed by atoms with Gasteiger partial charge in [-0.15, -0.1) is 11.3 Å². The molecule has 23 heavy (non-hydrogen) atoms. The summed E-state index contributed by atoms with van der Waals surface area (Å²) in [7, 11) is 0. The topological polar surface area (TPSA) is 74.2 Å². The van der Waals surface area contributed by atoms with Crippen LogP contribution in [0.15, 0.2) is 23.8 Å². The molecular weight excluding hydrogens is 312 g/mol. The second-order valence-corrected chi connectivity index (χ2v) is 6.37. The van der Waals surface area contributed by atoms with Crippen molar-refractivity contribution in [2.45, 2.75) is 19.9 Å². The molecule has 1 aliphatic rings. The molecule has 0 radical (unpaired) electrons. The van der Waals surface area contributed by atoms with Gasteiger partial charge in [0.1, 0.15) is 0 Å². The number of rotatable bonds is 4. The zero-order valence-electron chi connectivity index (χ0n) is 13.3. The molecule has 1 fully saturated rings. The van der Waals surface area contributed by atoms with E-state index in [1.807, 2.05) is 13.8 Å². The number of anilines is 2. The number of carbonyl (C=O) groups is 1. The molecule has 1 amide bonds. The largest absolute Gasteiger partial charge is 0.346 e. The first-order valence-electron chi connectivity index (χ1n) is 7.62. The fraction of sp³-hybridized carbons (Fsp3) is 0.467. The number of aromatic nitrogens is 3. The molecule has 8 heteroatoms. The number of amides is 1. The molecule has 3 rings (SSSR count). The van der Waals surface area contributed by atoms with Crippen LogP contribution in [0, 0.1) is 6.92 Å². The van der Waals surface area contributed by atoms with E-state index in [1.54, 1.807) is 29.8 Å². The van der Waals surface area contributed by atoms with Crippen LogP contribution in [0.3, 0.4) is 0 Å². The molecule has 7 nitrogen and oxygen atoms in total. The minimum Gasteiger partial charge on any atom is -0.346 e. The third kappa shape index (κ3) is 3.83. The normalized spacial score (nSPS) is 17.0. The van der Waals surface area contributed by atoms with Gasteiger partial charge < -0.3 is 4.90 Å². The highest BCUT2D eigenvalue weighted by Crippen LogP contribution is 2.21. The van der Waals surface area contributed by atoms with Crippen LogP contribution in [-0.4, -0.2) is 58.0 Å². The molecule has 2 aromatic rings. The Morgan fingerprint density at radius 2 is 1.96 bits per heavy atom. The van der Waals surface area contributed by atoms with E-state index in [1.165, 1.54) is 0 Å². The van der Waals surface area contributed by atoms with E-state index < -0.39 is 0 Å². The molecule has 0 saturated carbocycles. The van der Waals surface area contributed by atoms with Gasteiger partial charge in [-0.05, 0) is 19.9 Å². The number of hydrogen-bond donors (Lipinski definition) is 1. The monoisotopic (exact) mass is 332 g/mol. The van der Waals surface area contributed by atoms with E-state index in [2.05, 4.69) is 35.4 Å². The maximum Gasteiger partial charge on any atom is 0.243 e. The summed E-state index contributed by atoms with van der Waals surface area (Å²) in [6, 6.07) is 1.51. The van der Waals surface area contributed by atoms with Crippen LogP contribution >= 0.6 is 11.3 Å². The van der Waals surface area contributed by atoms with Crippen molar-refractivity contribution in [3.05, 3.63) is 29.5 Å². The zero-order chi connectivity index (χ0) is 16.2. The van der Waals surface area contributed by atoms with Crippen LogP contribution in [0.5, 0.6) is 0 Å². The summed E-state index contributed by atoms with van der Waals surface area (Å²) < 4.78 is 0. The minimum atomic E-state index is -0.209. The SMILES string of the molecule is Cc1csc(N2CCN([C@H](C)C(=O)Nc3ncccn3)CC2)n1. The van der Waals surface area contributed by atoms with Gasteiger partial charge in [-0.3, -0.25) is 15.0 Å². The number of piperazine rings is 1. The average molecular weight is 332 g/mol. The number of nitrogens with zero attached hydrogens (tertiary/aromatic N) is 5. The molecule has 122 valence electrons. The highest BCUT2D eigenvalue weighted by molar-refractivity contribution is 7.13. The van der Waals surface area contributed by atoms with Crippen molar-refractivity contribution in [3.8, 4) is 0 Å². The van der Waals surface area contributed by atoms with Gasteiger partial charge in [0.15, 0.2) is 5.13 Å². The number of hydrogen-bond acceptors (Lipinski definition) is 7. The van der Waals surface area contributed by atoms with Crippen LogP contribution in [0.4, 0.5) is 11.1 Å². The standard InChI is InChI=1S/C15H20N6OS/c1-11-10-23-15(18-11)21-8-6-20(7-9-21)12(2)13(22)19-14-16-4-3-5-17-14/h3-5,10,12H,6-9H2,1-2H3,(H,16,17,19,22)/t12-/m1/s1. The average Bonchev–Trinajstić information content (AvgIpc) is 3.02. The lowest BCUT2D eigenvalue weighted by atomic mass is 10.2. The van der Waals surface area contributed by atoms with Gasteiger partial charge in [0.05, 0.1) is 11.7 Å². The Hall–Kier alpha value is -2.06. The first-order valence-corrected chi connectivity index (χ1v) is 8.50. The quantitative estimate of drug-likeness (QED) is 0.912. The Kier molecular flexibility index (Phi) is 4.82. The molecule has 0 bridgehead atoms. The van der Waals surface area contributed by atoms with E-state index in [0.29, 0.717) is 5.95 Å². The van der Waals surface area contributed by atoms with Crippen LogP contribution in [0.2, 0.25) is 0 Å². The summed E-state index contributed by atoms with van der Waals surface area (Å²) in [6.07, 6.45) is 3.23. The Bertz CT molecular complexity index is 653. The molecule has 2 aromatic heterocycles. The van der Waals surface area contributed by atoms with Crippen LogP contribution < -0.4 is 10.2 Å². The number of carbonyl (C=O) groups excluding carboxylic acids is 1. The predicted octanol–water partition coefficient (Wildman–Crippen LogP) is 1.39. The Morgan fingerprint density at radius 1 is 1.26 bits per heavy atom. The molecule has 0 spiro atoms. The lowest BCUT2D eigenvalue weighted by Gasteiger charge is -2.37. The van der Waals surface area contributed by atoms with Gasteiger partial charge in [0.2, 0.25) is 11.9 Å². The highest BCUT2D eigenvalue weighted by Gasteiger charge is 2.26. The molecule has 3 heterocycles. The summed E-state index contributed by atoms with van der Waals surface area (Å²) in [5.41, 5.74) is 1.06. The van der Waals surface area contributed by atoms with Gasteiger partial charge >= 0.3 is 0 Å². The van der Waals surface area contributed by atoms with E-state index in [4.69, 9.17) is 0 Å². The summed E-state index contributed by atoms with van der Waals surface area (Å²) in [5.74, 6) is 0.274. The van der Waals surface area contributed by atoms with E-state index in [0.717, 1.165) is 37.0 Å². The number of aryl methyl sites for hydroxylation is 1. The van der Waals surface area contributed by atoms with E-state index >= 15 is 0 Å². The lowest BCUT2D eigenvalue weighted by molar-refractivity contribution is -0.120. The second-order valence-electron chi connectivity index (χ2n) is 5.53. The smallest absolute Gasteiger partial charge is 0.243 e. The maximum atomic E-state index is 12.3. The van der Waals surface area contributed by atoms with Gasteiger partial charge in [0, 0.05) is 44.0 Å². The van der Waals surface area contributed by atoms with Crippen molar-refractivity contribution in [2.24, 2.45) is 0 Å². The zero-order valence-corrected chi connectivity index (χ0v) is 14.1. The fourth-order valence-corrected chi connectivity index (χ4v) is 3.39. The second kappa shape index (κ2) is 7.01. The lowest BCUT2D eigenvalue weighted by Crippen LogP contribution is -2.52. The van der Waals surface area contributed by atoms with Gasteiger partial charge in [-0.25, -0.2) is 15.0 Å². The fourth-order valence-electron chi connectivity index (χ4n) is 2.53. The number of nitrogens with one attached hydrogen (secondary N) is 1. The van der Waals surface area contributed by atoms with Crippen molar-refractivity contribution in [3.63, 3.8) is 0 Å². The molecule has 1 saturated heterocycles. The highest BCUT2D eigenvalue weighted by atomic mass is 32.1. The Labute approximate surface area is 139 Å². The number of thiazole rings is 1. The molecular formula is C15H20N6OS. The summed E-state index contributed by atoms with van der Waals surface area (Å²) >= 11 is 1.67. The Morgan fingerprint density at radius 3 is 2.57 bits per heavy atom. The minimum absolute atomic E-state index is 0.0743. The van der Waals surface area contributed by atoms with Gasteiger partial charge in [0.25, 0.3) is 0 Å². The summed E-state index contributed by atoms with van der Waals surface area (Å²) in [4.78, 5) is 29.3. The summed E-state index contributed by atoms with van der Waals surface area (Å²) in [5, 5.41) is 5.89. The van der Waals surface area contributed by atoms with Crippen LogP contribution in [-0.2, 0) is 4.79 Å². The first kappa shape index (κ1) is 15.8. The summed E-state index contributed by atoms with van der Waals surface area (Å²) in [6.45, 7) is 7.36. The van der Waals surface area contributed by atoms with Gasteiger partial charge in [-0.1, -0.05) is 0 Å². The van der Waals surface area contributed by atoms with Gasteiger partial charge in [-0.2, -0.15) is 0 Å². The van der Waals surface area contributed by atoms with Crippen LogP contribution in [0.25, 0.3) is 0 Å². The molecule has 1 N–H and O–H groups in total. The Balaban J connectivity index is 1.53. The molecule has 1 atom stereocenters. The van der Waals surface area contributed by atoms with Crippen molar-refractivity contribution in [1.29, 1.82) is 0 Å². The molecule has 0 aromatic carbocycles. The molecule has 1 aliphatic heterocycles. The van der Waals surface area contributed by atoms with Crippen molar-refractivity contribution in [2.75, 3.05) is 36.4 Å². The van der Waals surface area contributed by atoms with Crippen molar-refractivity contribution < 1.29 is 4.79 Å². The molecule has 0 aliphatic carbocycles. The maximum absolute atomic E-state index is 12.3. The van der Waals surface area contributed by atoms with Crippen molar-refractivity contribution in [1.82, 2.24) is 19.9 Å². The first-order chi connectivity index (χ1) is 11.1. The van der Waals surface area contributed by atoms with E-state index in [9.17, 15) is 4.79 Å². The predicted molar refractivity (Wildman–Crippen MR) is 90.8 cm³/mol. The van der Waals surface area contributed by atoms with E-state index in [-0.39, 0.29) is 11.9 Å². The molecule has 0 unspecified atom stereocenters. The van der Waals surface area contributed by atoms with Crippen molar-refractivity contribution >= 4 is 28.3 Å². The van der Waals surface area contributed by atoms with Crippen LogP contribution in [0.1, 0.15) is 12.6 Å². The third-order valence-electron chi connectivity index (χ3n) is 3.92. The third-order valence-corrected chi connectivity index (χ3v) is 4.94.